The lowest BCUT2D eigenvalue weighted by Gasteiger charge is -2.15. The molecule has 1 fully saturated rings. The van der Waals surface area contributed by atoms with E-state index in [4.69, 9.17) is 0 Å². The number of nitrogens with zero attached hydrogens (tertiary/aromatic N) is 1. The lowest BCUT2D eigenvalue weighted by Crippen LogP contribution is -2.34. The zero-order valence-electron chi connectivity index (χ0n) is 9.89. The van der Waals surface area contributed by atoms with E-state index in [9.17, 15) is 19.2 Å². The third-order valence-electron chi connectivity index (χ3n) is 2.52. The second-order valence-corrected chi connectivity index (χ2v) is 3.99. The molecule has 1 atom stereocenters. The quantitative estimate of drug-likeness (QED) is 0.658. The highest BCUT2D eigenvalue weighted by Crippen LogP contribution is 2.15. The van der Waals surface area contributed by atoms with Gasteiger partial charge in [-0.15, -0.1) is 5.06 Å². The van der Waals surface area contributed by atoms with Crippen LogP contribution in [0.2, 0.25) is 0 Å². The summed E-state index contributed by atoms with van der Waals surface area (Å²) in [5.41, 5.74) is 0. The van der Waals surface area contributed by atoms with Gasteiger partial charge in [-0.25, -0.2) is 4.79 Å². The van der Waals surface area contributed by atoms with E-state index in [1.54, 1.807) is 6.92 Å². The number of rotatable bonds is 5. The van der Waals surface area contributed by atoms with Crippen LogP contribution in [0, 0.1) is 5.92 Å². The minimum absolute atomic E-state index is 0.0611. The lowest BCUT2D eigenvalue weighted by atomic mass is 10.0. The first-order valence-electron chi connectivity index (χ1n) is 5.55. The van der Waals surface area contributed by atoms with Crippen molar-refractivity contribution in [2.24, 2.45) is 5.92 Å². The van der Waals surface area contributed by atoms with E-state index in [2.05, 4.69) is 4.84 Å². The summed E-state index contributed by atoms with van der Waals surface area (Å²) in [6.07, 6.45) is 0.535. The van der Waals surface area contributed by atoms with E-state index in [0.717, 1.165) is 0 Å². The first kappa shape index (κ1) is 13.3. The fourth-order valence-corrected chi connectivity index (χ4v) is 1.41. The Hall–Kier alpha value is -1.72. The molecule has 1 saturated heterocycles. The Bertz CT molecular complexity index is 347. The highest BCUT2D eigenvalue weighted by Gasteiger charge is 2.34. The molecule has 6 nitrogen and oxygen atoms in total. The number of hydroxylamine groups is 2. The monoisotopic (exact) mass is 241 g/mol. The maximum absolute atomic E-state index is 11.5. The molecule has 6 heteroatoms. The van der Waals surface area contributed by atoms with Gasteiger partial charge in [-0.2, -0.15) is 0 Å². The normalized spacial score (nSPS) is 17.2. The van der Waals surface area contributed by atoms with Crippen LogP contribution >= 0.6 is 0 Å². The van der Waals surface area contributed by atoms with Crippen LogP contribution in [-0.2, 0) is 24.0 Å². The van der Waals surface area contributed by atoms with Gasteiger partial charge in [-0.1, -0.05) is 13.8 Å². The van der Waals surface area contributed by atoms with Gasteiger partial charge in [-0.05, 0) is 0 Å². The Morgan fingerprint density at radius 3 is 2.29 bits per heavy atom. The summed E-state index contributed by atoms with van der Waals surface area (Å²) in [6.45, 7) is 3.23. The molecule has 1 rings (SSSR count). The molecule has 0 aromatic rings. The second kappa shape index (κ2) is 5.56. The molecule has 0 aromatic heterocycles. The van der Waals surface area contributed by atoms with Gasteiger partial charge in [0.25, 0.3) is 11.8 Å². The van der Waals surface area contributed by atoms with Crippen molar-refractivity contribution in [1.29, 1.82) is 0 Å². The van der Waals surface area contributed by atoms with E-state index in [0.29, 0.717) is 11.5 Å². The summed E-state index contributed by atoms with van der Waals surface area (Å²) in [4.78, 5) is 49.7. The standard InChI is InChI=1S/C11H15NO5/c1-3-8(13)6-7(2)11(16)17-12-9(14)4-5-10(12)15/h7H,3-6H2,1-2H3. The largest absolute Gasteiger partial charge is 0.336 e. The molecule has 0 bridgehead atoms. The third-order valence-corrected chi connectivity index (χ3v) is 2.52. The third kappa shape index (κ3) is 3.37. The van der Waals surface area contributed by atoms with Crippen molar-refractivity contribution in [1.82, 2.24) is 5.06 Å². The van der Waals surface area contributed by atoms with Crippen molar-refractivity contribution < 1.29 is 24.0 Å². The molecule has 0 aromatic carbocycles. The summed E-state index contributed by atoms with van der Waals surface area (Å²) in [5.74, 6) is -2.47. The van der Waals surface area contributed by atoms with Crippen molar-refractivity contribution in [3.63, 3.8) is 0 Å². The number of hydrogen-bond acceptors (Lipinski definition) is 5. The smallest absolute Gasteiger partial charge is 0.330 e. The number of imide groups is 1. The van der Waals surface area contributed by atoms with Gasteiger partial charge in [0, 0.05) is 25.7 Å². The Balaban J connectivity index is 2.51. The minimum atomic E-state index is -0.726. The molecule has 1 aliphatic rings. The maximum atomic E-state index is 11.5. The van der Waals surface area contributed by atoms with E-state index in [-0.39, 0.29) is 25.0 Å². The average Bonchev–Trinajstić information content (AvgIpc) is 2.60. The Kier molecular flexibility index (Phi) is 4.37. The highest BCUT2D eigenvalue weighted by molar-refractivity contribution is 6.01. The van der Waals surface area contributed by atoms with E-state index < -0.39 is 23.7 Å². The summed E-state index contributed by atoms with van der Waals surface area (Å²) in [5, 5.41) is 0.495. The van der Waals surface area contributed by atoms with Crippen LogP contribution in [0.25, 0.3) is 0 Å². The number of ketones is 1. The predicted molar refractivity (Wildman–Crippen MR) is 56.3 cm³/mol. The zero-order valence-corrected chi connectivity index (χ0v) is 9.89. The van der Waals surface area contributed by atoms with Crippen LogP contribution < -0.4 is 0 Å². The van der Waals surface area contributed by atoms with Gasteiger partial charge in [-0.3, -0.25) is 14.4 Å². The highest BCUT2D eigenvalue weighted by atomic mass is 16.7. The molecule has 1 aliphatic heterocycles. The maximum Gasteiger partial charge on any atom is 0.336 e. The average molecular weight is 241 g/mol. The summed E-state index contributed by atoms with van der Waals surface area (Å²) >= 11 is 0. The molecule has 1 heterocycles. The van der Waals surface area contributed by atoms with E-state index in [1.165, 1.54) is 6.92 Å². The Morgan fingerprint density at radius 1 is 1.29 bits per heavy atom. The molecule has 17 heavy (non-hydrogen) atoms. The van der Waals surface area contributed by atoms with Crippen LogP contribution in [-0.4, -0.2) is 28.6 Å². The van der Waals surface area contributed by atoms with Gasteiger partial charge in [0.15, 0.2) is 0 Å². The van der Waals surface area contributed by atoms with Crippen molar-refractivity contribution in [2.45, 2.75) is 39.5 Å². The lowest BCUT2D eigenvalue weighted by molar-refractivity contribution is -0.200. The van der Waals surface area contributed by atoms with Gasteiger partial charge >= 0.3 is 5.97 Å². The number of carbonyl (C=O) groups is 4. The van der Waals surface area contributed by atoms with Crippen LogP contribution in [0.5, 0.6) is 0 Å². The summed E-state index contributed by atoms with van der Waals surface area (Å²) in [7, 11) is 0. The number of amides is 2. The Morgan fingerprint density at radius 2 is 1.82 bits per heavy atom. The van der Waals surface area contributed by atoms with Gasteiger partial charge in [0.2, 0.25) is 0 Å². The second-order valence-electron chi connectivity index (χ2n) is 3.99. The van der Waals surface area contributed by atoms with Gasteiger partial charge in [0.05, 0.1) is 5.92 Å². The molecule has 0 saturated carbocycles. The van der Waals surface area contributed by atoms with Crippen LogP contribution in [0.1, 0.15) is 39.5 Å². The van der Waals surface area contributed by atoms with Gasteiger partial charge < -0.3 is 4.84 Å². The molecule has 0 aliphatic carbocycles. The summed E-state index contributed by atoms with van der Waals surface area (Å²) < 4.78 is 0. The fourth-order valence-electron chi connectivity index (χ4n) is 1.41. The molecule has 0 spiro atoms. The van der Waals surface area contributed by atoms with Crippen LogP contribution in [0.3, 0.4) is 0 Å². The fraction of sp³-hybridized carbons (Fsp3) is 0.636. The zero-order chi connectivity index (χ0) is 13.0. The van der Waals surface area contributed by atoms with Crippen molar-refractivity contribution >= 4 is 23.6 Å². The Labute approximate surface area is 98.9 Å². The molecular weight excluding hydrogens is 226 g/mol. The van der Waals surface area contributed by atoms with Gasteiger partial charge in [0.1, 0.15) is 5.78 Å². The molecule has 0 radical (unpaired) electrons. The number of Topliss-reactive ketones (excluding diaryl/α,β-unsaturated/α-hetero) is 1. The van der Waals surface area contributed by atoms with Crippen molar-refractivity contribution in [2.75, 3.05) is 0 Å². The van der Waals surface area contributed by atoms with Crippen LogP contribution in [0.4, 0.5) is 0 Å². The minimum Gasteiger partial charge on any atom is -0.330 e. The van der Waals surface area contributed by atoms with E-state index in [1.807, 2.05) is 0 Å². The molecule has 2 amide bonds. The molecule has 94 valence electrons. The molecule has 1 unspecified atom stereocenters. The number of hydrogen-bond donors (Lipinski definition) is 0. The summed E-state index contributed by atoms with van der Waals surface area (Å²) in [6, 6.07) is 0. The molecule has 0 N–H and O–H groups in total. The van der Waals surface area contributed by atoms with Crippen LogP contribution in [0.15, 0.2) is 0 Å². The number of carbonyl (C=O) groups excluding carboxylic acids is 4. The first-order chi connectivity index (χ1) is 7.95. The van der Waals surface area contributed by atoms with Crippen molar-refractivity contribution in [3.8, 4) is 0 Å². The topological polar surface area (TPSA) is 80.8 Å². The SMILES string of the molecule is CCC(=O)CC(C)C(=O)ON1C(=O)CCC1=O. The van der Waals surface area contributed by atoms with E-state index >= 15 is 0 Å². The molecular formula is C11H15NO5. The first-order valence-corrected chi connectivity index (χ1v) is 5.55. The predicted octanol–water partition coefficient (Wildman–Crippen LogP) is 0.599. The van der Waals surface area contributed by atoms with Crippen molar-refractivity contribution in [3.05, 3.63) is 0 Å².